The molecular weight excluding hydrogens is 174 g/mol. The molecule has 14 heavy (non-hydrogen) atoms. The van der Waals surface area contributed by atoms with E-state index in [0.717, 1.165) is 19.4 Å². The monoisotopic (exact) mass is 201 g/mol. The molecule has 0 saturated carbocycles. The summed E-state index contributed by atoms with van der Waals surface area (Å²) in [5, 5.41) is 0. The van der Waals surface area contributed by atoms with Crippen LogP contribution in [-0.2, 0) is 4.74 Å². The molecule has 0 fully saturated rings. The lowest BCUT2D eigenvalue weighted by Crippen LogP contribution is -2.40. The molecule has 86 valence electrons. The highest BCUT2D eigenvalue weighted by Gasteiger charge is 2.25. The zero-order chi connectivity index (χ0) is 11.0. The van der Waals surface area contributed by atoms with Crippen LogP contribution in [0.25, 0.3) is 0 Å². The second-order valence-electron chi connectivity index (χ2n) is 4.30. The van der Waals surface area contributed by atoms with Gasteiger partial charge in [0.2, 0.25) is 0 Å². The normalized spacial score (nSPS) is 14.4. The van der Waals surface area contributed by atoms with Gasteiger partial charge in [0, 0.05) is 13.2 Å². The molecule has 0 radical (unpaired) electrons. The summed E-state index contributed by atoms with van der Waals surface area (Å²) in [6.07, 6.45) is 4.50. The van der Waals surface area contributed by atoms with E-state index in [-0.39, 0.29) is 5.60 Å². The fourth-order valence-electron chi connectivity index (χ4n) is 1.70. The van der Waals surface area contributed by atoms with Crippen molar-refractivity contribution < 1.29 is 4.74 Å². The van der Waals surface area contributed by atoms with E-state index in [2.05, 4.69) is 27.7 Å². The van der Waals surface area contributed by atoms with E-state index in [1.165, 1.54) is 12.8 Å². The van der Waals surface area contributed by atoms with E-state index in [1.54, 1.807) is 0 Å². The highest BCUT2D eigenvalue weighted by Crippen LogP contribution is 2.20. The van der Waals surface area contributed by atoms with Gasteiger partial charge in [-0.15, -0.1) is 0 Å². The fraction of sp³-hybridized carbons (Fsp3) is 1.00. The number of rotatable bonds is 8. The Kier molecular flexibility index (Phi) is 7.20. The van der Waals surface area contributed by atoms with E-state index >= 15 is 0 Å². The van der Waals surface area contributed by atoms with Crippen LogP contribution in [0.15, 0.2) is 0 Å². The fourth-order valence-corrected chi connectivity index (χ4v) is 1.70. The molecule has 0 aliphatic carbocycles. The van der Waals surface area contributed by atoms with E-state index in [4.69, 9.17) is 10.5 Å². The average Bonchev–Trinajstić information content (AvgIpc) is 2.21. The van der Waals surface area contributed by atoms with Gasteiger partial charge in [-0.1, -0.05) is 34.1 Å². The maximum atomic E-state index is 5.97. The molecule has 2 nitrogen and oxygen atoms in total. The predicted molar refractivity (Wildman–Crippen MR) is 62.4 cm³/mol. The molecule has 0 saturated heterocycles. The summed E-state index contributed by atoms with van der Waals surface area (Å²) in [6, 6.07) is 0. The minimum absolute atomic E-state index is 0.0675. The van der Waals surface area contributed by atoms with Gasteiger partial charge in [-0.05, 0) is 25.2 Å². The van der Waals surface area contributed by atoms with Crippen LogP contribution in [0.2, 0.25) is 0 Å². The zero-order valence-electron chi connectivity index (χ0n) is 10.3. The Morgan fingerprint density at radius 3 is 2.14 bits per heavy atom. The first-order valence-corrected chi connectivity index (χ1v) is 5.98. The van der Waals surface area contributed by atoms with Gasteiger partial charge < -0.3 is 10.5 Å². The van der Waals surface area contributed by atoms with E-state index in [0.29, 0.717) is 12.5 Å². The van der Waals surface area contributed by atoms with Crippen molar-refractivity contribution in [2.24, 2.45) is 11.7 Å². The molecule has 0 bridgehead atoms. The molecule has 2 N–H and O–H groups in total. The van der Waals surface area contributed by atoms with Gasteiger partial charge in [0.05, 0.1) is 5.60 Å². The van der Waals surface area contributed by atoms with Crippen LogP contribution in [0.4, 0.5) is 0 Å². The Morgan fingerprint density at radius 2 is 1.79 bits per heavy atom. The van der Waals surface area contributed by atoms with Gasteiger partial charge in [0.15, 0.2) is 0 Å². The van der Waals surface area contributed by atoms with E-state index < -0.39 is 0 Å². The molecule has 1 atom stereocenters. The zero-order valence-corrected chi connectivity index (χ0v) is 10.3. The third-order valence-corrected chi connectivity index (χ3v) is 3.12. The second kappa shape index (κ2) is 7.24. The molecule has 0 aliphatic rings. The Bertz CT molecular complexity index is 124. The maximum absolute atomic E-state index is 5.97. The molecule has 1 unspecified atom stereocenters. The predicted octanol–water partition coefficient (Wildman–Crippen LogP) is 2.96. The Morgan fingerprint density at radius 1 is 1.21 bits per heavy atom. The summed E-state index contributed by atoms with van der Waals surface area (Å²) in [6.45, 7) is 10.3. The highest BCUT2D eigenvalue weighted by atomic mass is 16.5. The number of nitrogens with two attached hydrogens (primary N) is 1. The molecule has 0 rings (SSSR count). The number of hydrogen-bond acceptors (Lipinski definition) is 2. The highest BCUT2D eigenvalue weighted by molar-refractivity contribution is 4.78. The molecule has 0 heterocycles. The van der Waals surface area contributed by atoms with Crippen molar-refractivity contribution in [3.63, 3.8) is 0 Å². The Hall–Kier alpha value is -0.0800. The van der Waals surface area contributed by atoms with Crippen LogP contribution in [0.5, 0.6) is 0 Å². The standard InChI is InChI=1S/C12H27NO/c1-5-8-11(4)9-14-12(6-2,7-3)10-13/h11H,5-10,13H2,1-4H3. The molecule has 0 aromatic heterocycles. The Labute approximate surface area is 89.2 Å². The third-order valence-electron chi connectivity index (χ3n) is 3.12. The minimum atomic E-state index is -0.0675. The first-order chi connectivity index (χ1) is 6.64. The van der Waals surface area contributed by atoms with Crippen molar-refractivity contribution in [3.05, 3.63) is 0 Å². The third kappa shape index (κ3) is 4.43. The van der Waals surface area contributed by atoms with Crippen molar-refractivity contribution >= 4 is 0 Å². The molecule has 0 aromatic rings. The molecule has 0 spiro atoms. The van der Waals surface area contributed by atoms with Crippen molar-refractivity contribution in [2.45, 2.75) is 59.0 Å². The molecule has 0 aromatic carbocycles. The first kappa shape index (κ1) is 13.9. The van der Waals surface area contributed by atoms with Crippen molar-refractivity contribution in [1.29, 1.82) is 0 Å². The topological polar surface area (TPSA) is 35.2 Å². The summed E-state index contributed by atoms with van der Waals surface area (Å²) in [4.78, 5) is 0. The van der Waals surface area contributed by atoms with Crippen LogP contribution in [0.3, 0.4) is 0 Å². The summed E-state index contributed by atoms with van der Waals surface area (Å²) in [5.41, 5.74) is 5.70. The van der Waals surface area contributed by atoms with Gasteiger partial charge >= 0.3 is 0 Å². The van der Waals surface area contributed by atoms with Crippen molar-refractivity contribution in [2.75, 3.05) is 13.2 Å². The van der Waals surface area contributed by atoms with Gasteiger partial charge in [0.25, 0.3) is 0 Å². The lowest BCUT2D eigenvalue weighted by atomic mass is 9.97. The van der Waals surface area contributed by atoms with Crippen LogP contribution in [0, 0.1) is 5.92 Å². The average molecular weight is 201 g/mol. The quantitative estimate of drug-likeness (QED) is 0.655. The van der Waals surface area contributed by atoms with Crippen molar-refractivity contribution in [1.82, 2.24) is 0 Å². The largest absolute Gasteiger partial charge is 0.373 e. The summed E-state index contributed by atoms with van der Waals surface area (Å²) in [5.74, 6) is 0.657. The molecule has 0 aliphatic heterocycles. The summed E-state index contributed by atoms with van der Waals surface area (Å²) in [7, 11) is 0. The molecular formula is C12H27NO. The lowest BCUT2D eigenvalue weighted by molar-refractivity contribution is -0.0585. The maximum Gasteiger partial charge on any atom is 0.0799 e. The van der Waals surface area contributed by atoms with Gasteiger partial charge in [-0.25, -0.2) is 0 Å². The summed E-state index contributed by atoms with van der Waals surface area (Å²) >= 11 is 0. The van der Waals surface area contributed by atoms with Crippen molar-refractivity contribution in [3.8, 4) is 0 Å². The smallest absolute Gasteiger partial charge is 0.0799 e. The first-order valence-electron chi connectivity index (χ1n) is 5.98. The Balaban J connectivity index is 3.92. The van der Waals surface area contributed by atoms with Gasteiger partial charge in [-0.2, -0.15) is 0 Å². The van der Waals surface area contributed by atoms with Gasteiger partial charge in [0.1, 0.15) is 0 Å². The lowest BCUT2D eigenvalue weighted by Gasteiger charge is -2.31. The summed E-state index contributed by atoms with van der Waals surface area (Å²) < 4.78 is 5.97. The van der Waals surface area contributed by atoms with Crippen LogP contribution < -0.4 is 5.73 Å². The minimum Gasteiger partial charge on any atom is -0.373 e. The van der Waals surface area contributed by atoms with Crippen LogP contribution >= 0.6 is 0 Å². The van der Waals surface area contributed by atoms with Crippen LogP contribution in [-0.4, -0.2) is 18.8 Å². The van der Waals surface area contributed by atoms with E-state index in [1.807, 2.05) is 0 Å². The van der Waals surface area contributed by atoms with Gasteiger partial charge in [-0.3, -0.25) is 0 Å². The van der Waals surface area contributed by atoms with E-state index in [9.17, 15) is 0 Å². The molecule has 0 amide bonds. The number of ether oxygens (including phenoxy) is 1. The molecule has 2 heteroatoms. The SMILES string of the molecule is CCCC(C)COC(CC)(CC)CN. The second-order valence-corrected chi connectivity index (χ2v) is 4.30. The van der Waals surface area contributed by atoms with Crippen LogP contribution in [0.1, 0.15) is 53.4 Å². The number of hydrogen-bond donors (Lipinski definition) is 1.